The molecule has 8 heteroatoms. The molecule has 1 rings (SSSR count). The number of carbonyl (C=O) groups is 2. The maximum atomic E-state index is 11.9. The third-order valence-electron chi connectivity index (χ3n) is 2.42. The van der Waals surface area contributed by atoms with Gasteiger partial charge in [0.1, 0.15) is 6.54 Å². The maximum Gasteiger partial charge on any atom is 0.323 e. The first kappa shape index (κ1) is 15.4. The first-order valence-electron chi connectivity index (χ1n) is 5.96. The molecule has 1 aromatic rings. The van der Waals surface area contributed by atoms with E-state index in [2.05, 4.69) is 5.32 Å². The molecule has 108 valence electrons. The summed E-state index contributed by atoms with van der Waals surface area (Å²) < 4.78 is 0. The van der Waals surface area contributed by atoms with Gasteiger partial charge >= 0.3 is 12.0 Å². The van der Waals surface area contributed by atoms with Gasteiger partial charge in [-0.05, 0) is 12.5 Å². The molecule has 0 saturated heterocycles. The van der Waals surface area contributed by atoms with E-state index in [1.165, 1.54) is 24.3 Å². The molecule has 1 aromatic carbocycles. The minimum Gasteiger partial charge on any atom is -0.480 e. The van der Waals surface area contributed by atoms with E-state index < -0.39 is 23.5 Å². The molecule has 2 N–H and O–H groups in total. The Kier molecular flexibility index (Phi) is 5.45. The van der Waals surface area contributed by atoms with E-state index in [1.807, 2.05) is 6.92 Å². The van der Waals surface area contributed by atoms with Gasteiger partial charge < -0.3 is 15.3 Å². The normalized spacial score (nSPS) is 9.85. The van der Waals surface area contributed by atoms with Crippen molar-refractivity contribution >= 4 is 23.4 Å². The zero-order valence-electron chi connectivity index (χ0n) is 10.9. The number of carbonyl (C=O) groups excluding carboxylic acids is 1. The highest BCUT2D eigenvalue weighted by Crippen LogP contribution is 2.17. The van der Waals surface area contributed by atoms with Crippen LogP contribution in [-0.4, -0.2) is 40.0 Å². The summed E-state index contributed by atoms with van der Waals surface area (Å²) in [6.07, 6.45) is 0.607. The number of nitrogens with zero attached hydrogens (tertiary/aromatic N) is 2. The number of nitro benzene ring substituents is 1. The molecule has 0 radical (unpaired) electrons. The van der Waals surface area contributed by atoms with E-state index >= 15 is 0 Å². The van der Waals surface area contributed by atoms with E-state index in [0.717, 1.165) is 4.90 Å². The molecule has 8 nitrogen and oxygen atoms in total. The number of amides is 2. The number of hydrogen-bond acceptors (Lipinski definition) is 4. The molecule has 0 unspecified atom stereocenters. The number of anilines is 1. The molecule has 0 fully saturated rings. The molecule has 0 aliphatic rings. The average Bonchev–Trinajstić information content (AvgIpc) is 2.38. The predicted molar refractivity (Wildman–Crippen MR) is 71.6 cm³/mol. The first-order chi connectivity index (χ1) is 9.43. The molecule has 0 aliphatic heterocycles. The molecular weight excluding hydrogens is 266 g/mol. The Balaban J connectivity index is 2.79. The molecule has 2 amide bonds. The Morgan fingerprint density at radius 1 is 1.45 bits per heavy atom. The standard InChI is InChI=1S/C12H15N3O5/c1-2-6-14(8-11(16)17)12(18)13-9-4-3-5-10(7-9)15(19)20/h3-5,7H,2,6,8H2,1H3,(H,13,18)(H,16,17). The number of nitrogens with one attached hydrogen (secondary N) is 1. The monoisotopic (exact) mass is 281 g/mol. The zero-order chi connectivity index (χ0) is 15.1. The van der Waals surface area contributed by atoms with Gasteiger partial charge in [-0.15, -0.1) is 0 Å². The van der Waals surface area contributed by atoms with Crippen LogP contribution in [0.3, 0.4) is 0 Å². The highest BCUT2D eigenvalue weighted by atomic mass is 16.6. The van der Waals surface area contributed by atoms with Crippen LogP contribution in [0.15, 0.2) is 24.3 Å². The molecule has 0 aromatic heterocycles. The van der Waals surface area contributed by atoms with Crippen molar-refractivity contribution in [3.8, 4) is 0 Å². The second-order valence-electron chi connectivity index (χ2n) is 4.05. The summed E-state index contributed by atoms with van der Waals surface area (Å²) in [5.74, 6) is -1.12. The fourth-order valence-corrected chi connectivity index (χ4v) is 1.59. The number of carboxylic acids is 1. The number of nitro groups is 1. The van der Waals surface area contributed by atoms with Crippen molar-refractivity contribution in [3.63, 3.8) is 0 Å². The highest BCUT2D eigenvalue weighted by molar-refractivity contribution is 5.91. The summed E-state index contributed by atoms with van der Waals surface area (Å²) in [7, 11) is 0. The predicted octanol–water partition coefficient (Wildman–Crippen LogP) is 1.92. The van der Waals surface area contributed by atoms with Crippen molar-refractivity contribution < 1.29 is 19.6 Å². The van der Waals surface area contributed by atoms with Gasteiger partial charge in [-0.3, -0.25) is 14.9 Å². The van der Waals surface area contributed by atoms with Crippen LogP contribution < -0.4 is 5.32 Å². The van der Waals surface area contributed by atoms with Gasteiger partial charge in [-0.1, -0.05) is 13.0 Å². The zero-order valence-corrected chi connectivity index (χ0v) is 10.9. The molecule has 0 saturated carbocycles. The first-order valence-corrected chi connectivity index (χ1v) is 5.96. The van der Waals surface area contributed by atoms with E-state index in [4.69, 9.17) is 5.11 Å². The summed E-state index contributed by atoms with van der Waals surface area (Å²) in [6.45, 7) is 1.68. The number of aliphatic carboxylic acids is 1. The Bertz CT molecular complexity index is 518. The molecular formula is C12H15N3O5. The van der Waals surface area contributed by atoms with Crippen LogP contribution in [0.5, 0.6) is 0 Å². The topological polar surface area (TPSA) is 113 Å². The number of carboxylic acid groups (broad SMARTS) is 1. The van der Waals surface area contributed by atoms with Crippen LogP contribution in [0.25, 0.3) is 0 Å². The number of rotatable bonds is 6. The molecule has 0 heterocycles. The number of benzene rings is 1. The largest absolute Gasteiger partial charge is 0.480 e. The quantitative estimate of drug-likeness (QED) is 0.611. The molecule has 0 atom stereocenters. The lowest BCUT2D eigenvalue weighted by Gasteiger charge is -2.20. The van der Waals surface area contributed by atoms with Crippen LogP contribution in [0, 0.1) is 10.1 Å². The molecule has 20 heavy (non-hydrogen) atoms. The SMILES string of the molecule is CCCN(CC(=O)O)C(=O)Nc1cccc([N+](=O)[O-])c1. The fourth-order valence-electron chi connectivity index (χ4n) is 1.59. The van der Waals surface area contributed by atoms with Gasteiger partial charge in [0.25, 0.3) is 5.69 Å². The lowest BCUT2D eigenvalue weighted by Crippen LogP contribution is -2.39. The van der Waals surface area contributed by atoms with Crippen LogP contribution in [-0.2, 0) is 4.79 Å². The highest BCUT2D eigenvalue weighted by Gasteiger charge is 2.16. The number of non-ortho nitro benzene ring substituents is 1. The Hall–Kier alpha value is -2.64. The second-order valence-corrected chi connectivity index (χ2v) is 4.05. The van der Waals surface area contributed by atoms with Gasteiger partial charge in [-0.25, -0.2) is 4.79 Å². The Labute approximate surface area is 115 Å². The van der Waals surface area contributed by atoms with Crippen molar-refractivity contribution in [3.05, 3.63) is 34.4 Å². The van der Waals surface area contributed by atoms with Crippen molar-refractivity contribution in [2.24, 2.45) is 0 Å². The summed E-state index contributed by atoms with van der Waals surface area (Å²) in [6, 6.07) is 4.85. The minimum absolute atomic E-state index is 0.150. The molecule has 0 spiro atoms. The Morgan fingerprint density at radius 3 is 2.70 bits per heavy atom. The fraction of sp³-hybridized carbons (Fsp3) is 0.333. The third kappa shape index (κ3) is 4.56. The summed E-state index contributed by atoms with van der Waals surface area (Å²) in [5, 5.41) is 21.8. The van der Waals surface area contributed by atoms with Gasteiger partial charge in [0.15, 0.2) is 0 Å². The lowest BCUT2D eigenvalue weighted by molar-refractivity contribution is -0.384. The van der Waals surface area contributed by atoms with Crippen molar-refractivity contribution in [1.82, 2.24) is 4.90 Å². The van der Waals surface area contributed by atoms with Gasteiger partial charge in [-0.2, -0.15) is 0 Å². The summed E-state index contributed by atoms with van der Waals surface area (Å²) in [4.78, 5) is 33.8. The van der Waals surface area contributed by atoms with Crippen molar-refractivity contribution in [2.45, 2.75) is 13.3 Å². The minimum atomic E-state index is -1.12. The molecule has 0 aliphatic carbocycles. The van der Waals surface area contributed by atoms with Gasteiger partial charge in [0, 0.05) is 24.4 Å². The van der Waals surface area contributed by atoms with E-state index in [9.17, 15) is 19.7 Å². The van der Waals surface area contributed by atoms with E-state index in [0.29, 0.717) is 6.42 Å². The van der Waals surface area contributed by atoms with Crippen LogP contribution >= 0.6 is 0 Å². The average molecular weight is 281 g/mol. The van der Waals surface area contributed by atoms with Crippen molar-refractivity contribution in [1.29, 1.82) is 0 Å². The van der Waals surface area contributed by atoms with Crippen molar-refractivity contribution in [2.75, 3.05) is 18.4 Å². The number of urea groups is 1. The smallest absolute Gasteiger partial charge is 0.323 e. The third-order valence-corrected chi connectivity index (χ3v) is 2.42. The maximum absolute atomic E-state index is 11.9. The second kappa shape index (κ2) is 7.07. The van der Waals surface area contributed by atoms with Crippen LogP contribution in [0.1, 0.15) is 13.3 Å². The van der Waals surface area contributed by atoms with E-state index in [-0.39, 0.29) is 17.9 Å². The summed E-state index contributed by atoms with van der Waals surface area (Å²) >= 11 is 0. The molecule has 0 bridgehead atoms. The Morgan fingerprint density at radius 2 is 2.15 bits per heavy atom. The lowest BCUT2D eigenvalue weighted by atomic mass is 10.3. The van der Waals surface area contributed by atoms with Crippen LogP contribution in [0.4, 0.5) is 16.2 Å². The van der Waals surface area contributed by atoms with Gasteiger partial charge in [0.05, 0.1) is 4.92 Å². The van der Waals surface area contributed by atoms with Crippen LogP contribution in [0.2, 0.25) is 0 Å². The summed E-state index contributed by atoms with van der Waals surface area (Å²) in [5.41, 5.74) is 0.0961. The van der Waals surface area contributed by atoms with Gasteiger partial charge in [0.2, 0.25) is 0 Å². The number of hydrogen-bond donors (Lipinski definition) is 2. The van der Waals surface area contributed by atoms with E-state index in [1.54, 1.807) is 0 Å².